The molecule has 19 heavy (non-hydrogen) atoms. The van der Waals surface area contributed by atoms with Gasteiger partial charge in [0.1, 0.15) is 0 Å². The molecule has 2 nitrogen and oxygen atoms in total. The van der Waals surface area contributed by atoms with E-state index in [1.165, 1.54) is 38.2 Å². The number of amides is 1. The average Bonchev–Trinajstić information content (AvgIpc) is 2.42. The van der Waals surface area contributed by atoms with Gasteiger partial charge in [0.2, 0.25) is 5.91 Å². The first-order chi connectivity index (χ1) is 9.15. The van der Waals surface area contributed by atoms with Crippen molar-refractivity contribution in [1.29, 1.82) is 0 Å². The van der Waals surface area contributed by atoms with Crippen molar-refractivity contribution in [2.24, 2.45) is 0 Å². The van der Waals surface area contributed by atoms with Crippen LogP contribution in [0.1, 0.15) is 32.1 Å². The first kappa shape index (κ1) is 14.3. The Kier molecular flexibility index (Phi) is 5.19. The molecule has 0 heterocycles. The second-order valence-electron chi connectivity index (χ2n) is 4.75. The molecule has 0 radical (unpaired) electrons. The number of rotatable bonds is 4. The van der Waals surface area contributed by atoms with Crippen molar-refractivity contribution in [2.45, 2.75) is 37.4 Å². The molecule has 104 valence electrons. The minimum absolute atomic E-state index is 0.165. The van der Waals surface area contributed by atoms with Crippen LogP contribution in [-0.4, -0.2) is 16.9 Å². The van der Waals surface area contributed by atoms with Gasteiger partial charge < -0.3 is 5.32 Å². The Hall–Kier alpha value is -1.10. The fourth-order valence-corrected chi connectivity index (χ4v) is 3.32. The summed E-state index contributed by atoms with van der Waals surface area (Å²) in [4.78, 5) is 11.7. The van der Waals surface area contributed by atoms with Gasteiger partial charge in [0.25, 0.3) is 0 Å². The number of halogens is 2. The molecule has 0 unspecified atom stereocenters. The summed E-state index contributed by atoms with van der Waals surface area (Å²) >= 11 is 1.65. The summed E-state index contributed by atoms with van der Waals surface area (Å²) in [7, 11) is 0. The van der Waals surface area contributed by atoms with E-state index in [0.717, 1.165) is 12.1 Å². The van der Waals surface area contributed by atoms with Crippen molar-refractivity contribution in [3.05, 3.63) is 29.8 Å². The summed E-state index contributed by atoms with van der Waals surface area (Å²) in [5.74, 6) is -1.65. The number of anilines is 1. The third-order valence-electron chi connectivity index (χ3n) is 3.21. The SMILES string of the molecule is O=C(CSC1CCCCC1)Nc1ccc(F)c(F)c1. The maximum absolute atomic E-state index is 13.0. The molecular formula is C14H17F2NOS. The van der Waals surface area contributed by atoms with Crippen LogP contribution < -0.4 is 5.32 Å². The molecule has 0 spiro atoms. The van der Waals surface area contributed by atoms with Crippen LogP contribution in [0.15, 0.2) is 18.2 Å². The van der Waals surface area contributed by atoms with E-state index in [9.17, 15) is 13.6 Å². The zero-order valence-corrected chi connectivity index (χ0v) is 11.4. The number of thioether (sulfide) groups is 1. The van der Waals surface area contributed by atoms with Crippen LogP contribution >= 0.6 is 11.8 Å². The number of benzene rings is 1. The standard InChI is InChI=1S/C14H17F2NOS/c15-12-7-6-10(8-13(12)16)17-14(18)9-19-11-4-2-1-3-5-11/h6-8,11H,1-5,9H2,(H,17,18). The second-order valence-corrected chi connectivity index (χ2v) is 6.04. The Morgan fingerprint density at radius 3 is 2.63 bits per heavy atom. The number of hydrogen-bond donors (Lipinski definition) is 1. The van der Waals surface area contributed by atoms with Gasteiger partial charge in [-0.15, -0.1) is 11.8 Å². The van der Waals surface area contributed by atoms with Crippen molar-refractivity contribution >= 4 is 23.4 Å². The third-order valence-corrected chi connectivity index (χ3v) is 4.58. The number of carbonyl (C=O) groups excluding carboxylic acids is 1. The van der Waals surface area contributed by atoms with Crippen LogP contribution in [0.2, 0.25) is 0 Å². The molecule has 1 aromatic carbocycles. The summed E-state index contributed by atoms with van der Waals surface area (Å²) in [6.45, 7) is 0. The fourth-order valence-electron chi connectivity index (χ4n) is 2.20. The highest BCUT2D eigenvalue weighted by atomic mass is 32.2. The maximum Gasteiger partial charge on any atom is 0.234 e. The lowest BCUT2D eigenvalue weighted by Crippen LogP contribution is -2.18. The lowest BCUT2D eigenvalue weighted by molar-refractivity contribution is -0.113. The van der Waals surface area contributed by atoms with Gasteiger partial charge in [0.15, 0.2) is 11.6 Å². The molecule has 0 atom stereocenters. The van der Waals surface area contributed by atoms with Gasteiger partial charge in [-0.3, -0.25) is 4.79 Å². The van der Waals surface area contributed by atoms with Crippen LogP contribution in [0, 0.1) is 11.6 Å². The summed E-state index contributed by atoms with van der Waals surface area (Å²) in [6, 6.07) is 3.37. The fraction of sp³-hybridized carbons (Fsp3) is 0.500. The molecule has 1 aliphatic carbocycles. The number of carbonyl (C=O) groups is 1. The minimum Gasteiger partial charge on any atom is -0.325 e. The van der Waals surface area contributed by atoms with Crippen molar-refractivity contribution < 1.29 is 13.6 Å². The lowest BCUT2D eigenvalue weighted by atomic mass is 10.0. The summed E-state index contributed by atoms with van der Waals surface area (Å²) < 4.78 is 25.7. The van der Waals surface area contributed by atoms with E-state index >= 15 is 0 Å². The van der Waals surface area contributed by atoms with Crippen molar-refractivity contribution in [1.82, 2.24) is 0 Å². The van der Waals surface area contributed by atoms with E-state index in [0.29, 0.717) is 16.7 Å². The highest BCUT2D eigenvalue weighted by Crippen LogP contribution is 2.28. The predicted octanol–water partition coefficient (Wildman–Crippen LogP) is 3.97. The molecule has 1 fully saturated rings. The molecule has 1 aromatic rings. The van der Waals surface area contributed by atoms with Crippen LogP contribution in [0.25, 0.3) is 0 Å². The van der Waals surface area contributed by atoms with Crippen LogP contribution in [-0.2, 0) is 4.79 Å². The Morgan fingerprint density at radius 1 is 1.21 bits per heavy atom. The smallest absolute Gasteiger partial charge is 0.234 e. The topological polar surface area (TPSA) is 29.1 Å². The molecule has 1 amide bonds. The van der Waals surface area contributed by atoms with E-state index in [-0.39, 0.29) is 5.91 Å². The van der Waals surface area contributed by atoms with Gasteiger partial charge in [-0.25, -0.2) is 8.78 Å². The molecule has 0 aliphatic heterocycles. The molecule has 0 aromatic heterocycles. The van der Waals surface area contributed by atoms with Gasteiger partial charge in [-0.05, 0) is 25.0 Å². The average molecular weight is 285 g/mol. The first-order valence-electron chi connectivity index (χ1n) is 6.51. The first-order valence-corrected chi connectivity index (χ1v) is 7.56. The molecule has 1 N–H and O–H groups in total. The largest absolute Gasteiger partial charge is 0.325 e. The molecule has 1 aliphatic rings. The molecule has 1 saturated carbocycles. The molecule has 2 rings (SSSR count). The third kappa shape index (κ3) is 4.49. The quantitative estimate of drug-likeness (QED) is 0.907. The van der Waals surface area contributed by atoms with Gasteiger partial charge in [-0.2, -0.15) is 0 Å². The van der Waals surface area contributed by atoms with E-state index in [1.807, 2.05) is 0 Å². The van der Waals surface area contributed by atoms with Crippen LogP contribution in [0.4, 0.5) is 14.5 Å². The minimum atomic E-state index is -0.947. The molecule has 5 heteroatoms. The monoisotopic (exact) mass is 285 g/mol. The zero-order chi connectivity index (χ0) is 13.7. The van der Waals surface area contributed by atoms with E-state index in [1.54, 1.807) is 11.8 Å². The van der Waals surface area contributed by atoms with Gasteiger partial charge in [-0.1, -0.05) is 19.3 Å². The highest BCUT2D eigenvalue weighted by molar-refractivity contribution is 8.00. The number of nitrogens with one attached hydrogen (secondary N) is 1. The van der Waals surface area contributed by atoms with Gasteiger partial charge >= 0.3 is 0 Å². The number of hydrogen-bond acceptors (Lipinski definition) is 2. The second kappa shape index (κ2) is 6.89. The highest BCUT2D eigenvalue weighted by Gasteiger charge is 2.15. The Bertz CT molecular complexity index is 447. The summed E-state index contributed by atoms with van der Waals surface area (Å²) in [5.41, 5.74) is 0.299. The Labute approximate surface area is 116 Å². The van der Waals surface area contributed by atoms with Crippen molar-refractivity contribution in [3.63, 3.8) is 0 Å². The molecular weight excluding hydrogens is 268 g/mol. The zero-order valence-electron chi connectivity index (χ0n) is 10.6. The summed E-state index contributed by atoms with van der Waals surface area (Å²) in [6.07, 6.45) is 6.11. The van der Waals surface area contributed by atoms with Gasteiger partial charge in [0.05, 0.1) is 5.75 Å². The van der Waals surface area contributed by atoms with Crippen LogP contribution in [0.5, 0.6) is 0 Å². The van der Waals surface area contributed by atoms with Crippen molar-refractivity contribution in [3.8, 4) is 0 Å². The van der Waals surface area contributed by atoms with E-state index in [4.69, 9.17) is 0 Å². The maximum atomic E-state index is 13.0. The lowest BCUT2D eigenvalue weighted by Gasteiger charge is -2.20. The summed E-state index contributed by atoms with van der Waals surface area (Å²) in [5, 5.41) is 3.14. The van der Waals surface area contributed by atoms with Crippen LogP contribution in [0.3, 0.4) is 0 Å². The van der Waals surface area contributed by atoms with E-state index in [2.05, 4.69) is 5.32 Å². The molecule has 0 bridgehead atoms. The van der Waals surface area contributed by atoms with Gasteiger partial charge in [0, 0.05) is 17.0 Å². The predicted molar refractivity (Wildman–Crippen MR) is 74.3 cm³/mol. The van der Waals surface area contributed by atoms with E-state index < -0.39 is 11.6 Å². The van der Waals surface area contributed by atoms with Crippen molar-refractivity contribution in [2.75, 3.05) is 11.1 Å². The Balaban J connectivity index is 1.78. The normalized spacial score (nSPS) is 16.3. The molecule has 0 saturated heterocycles. The Morgan fingerprint density at radius 2 is 1.95 bits per heavy atom.